The molecule has 0 heterocycles. The van der Waals surface area contributed by atoms with Crippen LogP contribution in [0.2, 0.25) is 0 Å². The molecule has 126 valence electrons. The zero-order valence-electron chi connectivity index (χ0n) is 14.2. The van der Waals surface area contributed by atoms with Crippen molar-refractivity contribution in [3.05, 3.63) is 59.7 Å². The average Bonchev–Trinajstić information content (AvgIpc) is 2.60. The van der Waals surface area contributed by atoms with Crippen molar-refractivity contribution in [2.75, 3.05) is 18.2 Å². The fourth-order valence-corrected chi connectivity index (χ4v) is 2.55. The Morgan fingerprint density at radius 3 is 2.44 bits per heavy atom. The van der Waals surface area contributed by atoms with Crippen LogP contribution in [0.5, 0.6) is 5.75 Å². The normalized spacial score (nSPS) is 11.1. The van der Waals surface area contributed by atoms with Gasteiger partial charge in [-0.2, -0.15) is 12.6 Å². The molecule has 5 nitrogen and oxygen atoms in total. The fraction of sp³-hybridized carbons (Fsp3) is 0.222. The number of nitrogens with one attached hydrogen (secondary N) is 1. The largest absolute Gasteiger partial charge is 1.00 e. The number of hydrogen-bond donors (Lipinski definition) is 2. The van der Waals surface area contributed by atoms with Gasteiger partial charge in [0.25, 0.3) is 0 Å². The Bertz CT molecular complexity index is 721. The maximum Gasteiger partial charge on any atom is 1.00 e. The molecule has 0 saturated carbocycles. The van der Waals surface area contributed by atoms with Crippen LogP contribution in [0.3, 0.4) is 0 Å². The van der Waals surface area contributed by atoms with Crippen LogP contribution in [0.1, 0.15) is 15.9 Å². The first kappa shape index (κ1) is 21.6. The molecule has 0 fully saturated rings. The van der Waals surface area contributed by atoms with E-state index < -0.39 is 5.97 Å². The Morgan fingerprint density at radius 1 is 1.20 bits per heavy atom. The van der Waals surface area contributed by atoms with E-state index in [1.54, 1.807) is 19.2 Å². The molecule has 25 heavy (non-hydrogen) atoms. The van der Waals surface area contributed by atoms with Crippen LogP contribution in [-0.4, -0.2) is 24.7 Å². The van der Waals surface area contributed by atoms with E-state index in [0.29, 0.717) is 17.9 Å². The molecule has 0 radical (unpaired) electrons. The van der Waals surface area contributed by atoms with Crippen LogP contribution in [-0.2, 0) is 11.2 Å². The molecule has 1 unspecified atom stereocenters. The molecular formula is C18H18NNaO4S. The van der Waals surface area contributed by atoms with Crippen molar-refractivity contribution in [1.29, 1.82) is 0 Å². The predicted octanol–water partition coefficient (Wildman–Crippen LogP) is -1.21. The number of anilines is 1. The van der Waals surface area contributed by atoms with Gasteiger partial charge in [0, 0.05) is 11.4 Å². The summed E-state index contributed by atoms with van der Waals surface area (Å²) in [5.74, 6) is -0.706. The van der Waals surface area contributed by atoms with E-state index in [1.165, 1.54) is 12.1 Å². The summed E-state index contributed by atoms with van der Waals surface area (Å²) in [6.07, 6.45) is 0.527. The van der Waals surface area contributed by atoms with Crippen molar-refractivity contribution >= 4 is 30.2 Å². The van der Waals surface area contributed by atoms with Crippen molar-refractivity contribution in [3.8, 4) is 5.75 Å². The Kier molecular flexibility index (Phi) is 9.06. The van der Waals surface area contributed by atoms with Crippen LogP contribution in [0.15, 0.2) is 48.5 Å². The number of hydrogen-bond acceptors (Lipinski definition) is 5. The molecule has 7 heteroatoms. The van der Waals surface area contributed by atoms with Crippen LogP contribution >= 0.6 is 12.6 Å². The molecule has 0 saturated heterocycles. The van der Waals surface area contributed by atoms with Gasteiger partial charge in [0.05, 0.1) is 19.0 Å². The van der Waals surface area contributed by atoms with Gasteiger partial charge in [-0.15, -0.1) is 0 Å². The second-order valence-corrected chi connectivity index (χ2v) is 5.65. The summed E-state index contributed by atoms with van der Waals surface area (Å²) >= 11 is 4.25. The fourth-order valence-electron chi connectivity index (χ4n) is 2.25. The molecule has 0 aromatic heterocycles. The standard InChI is InChI=1S/C18H19NO4S.Na/c1-23-16-7-5-12(6-8-16)9-14(11-24)17(20)19-15-4-2-3-13(10-15)18(21)22;/h2-8,10,14,24H,9,11H2,1H3,(H,19,20)(H,21,22);/q;+1/p-1. The third-order valence-corrected chi connectivity index (χ3v) is 4.04. The second kappa shape index (κ2) is 10.5. The molecule has 2 aromatic carbocycles. The maximum atomic E-state index is 12.4. The molecule has 1 atom stereocenters. The van der Waals surface area contributed by atoms with Crippen LogP contribution in [0.25, 0.3) is 0 Å². The Labute approximate surface area is 174 Å². The summed E-state index contributed by atoms with van der Waals surface area (Å²) in [4.78, 5) is 23.3. The minimum atomic E-state index is -1.28. The first-order valence-electron chi connectivity index (χ1n) is 7.39. The monoisotopic (exact) mass is 367 g/mol. The molecule has 2 aromatic rings. The van der Waals surface area contributed by atoms with Crippen molar-refractivity contribution in [1.82, 2.24) is 0 Å². The predicted molar refractivity (Wildman–Crippen MR) is 93.4 cm³/mol. The molecule has 0 aliphatic heterocycles. The van der Waals surface area contributed by atoms with Gasteiger partial charge in [-0.05, 0) is 41.8 Å². The minimum Gasteiger partial charge on any atom is -0.545 e. The van der Waals surface area contributed by atoms with E-state index >= 15 is 0 Å². The van der Waals surface area contributed by atoms with E-state index in [4.69, 9.17) is 4.74 Å². The summed E-state index contributed by atoms with van der Waals surface area (Å²) in [6.45, 7) is 0. The van der Waals surface area contributed by atoms with Gasteiger partial charge in [-0.3, -0.25) is 4.79 Å². The third-order valence-electron chi connectivity index (χ3n) is 3.60. The molecular weight excluding hydrogens is 349 g/mol. The van der Waals surface area contributed by atoms with Gasteiger partial charge in [0.1, 0.15) is 5.75 Å². The Hall–Kier alpha value is -1.47. The average molecular weight is 367 g/mol. The molecule has 2 rings (SSSR count). The molecule has 1 amide bonds. The smallest absolute Gasteiger partial charge is 0.545 e. The van der Waals surface area contributed by atoms with Crippen LogP contribution in [0, 0.1) is 5.92 Å². The summed E-state index contributed by atoms with van der Waals surface area (Å²) in [5.41, 5.74) is 1.43. The molecule has 1 N–H and O–H groups in total. The summed E-state index contributed by atoms with van der Waals surface area (Å²) < 4.78 is 5.11. The minimum absolute atomic E-state index is 0. The Morgan fingerprint density at radius 2 is 1.88 bits per heavy atom. The summed E-state index contributed by atoms with van der Waals surface area (Å²) in [6, 6.07) is 13.5. The molecule has 0 aliphatic carbocycles. The van der Waals surface area contributed by atoms with E-state index in [0.717, 1.165) is 11.3 Å². The van der Waals surface area contributed by atoms with Gasteiger partial charge in [-0.25, -0.2) is 0 Å². The number of aromatic carboxylic acids is 1. The van der Waals surface area contributed by atoms with E-state index in [1.807, 2.05) is 24.3 Å². The summed E-state index contributed by atoms with van der Waals surface area (Å²) in [7, 11) is 1.60. The van der Waals surface area contributed by atoms with Gasteiger partial charge in [0.2, 0.25) is 5.91 Å². The maximum absolute atomic E-state index is 12.4. The van der Waals surface area contributed by atoms with Gasteiger partial charge in [0.15, 0.2) is 0 Å². The second-order valence-electron chi connectivity index (χ2n) is 5.29. The number of carbonyl (C=O) groups is 2. The molecule has 0 bridgehead atoms. The number of benzene rings is 2. The van der Waals surface area contributed by atoms with Gasteiger partial charge in [-0.1, -0.05) is 24.3 Å². The number of carboxylic acid groups (broad SMARTS) is 1. The first-order chi connectivity index (χ1) is 11.5. The zero-order chi connectivity index (χ0) is 17.5. The quantitative estimate of drug-likeness (QED) is 0.476. The Balaban J connectivity index is 0.00000312. The molecule has 0 aliphatic rings. The first-order valence-corrected chi connectivity index (χ1v) is 8.02. The van der Waals surface area contributed by atoms with Crippen molar-refractivity contribution in [2.45, 2.75) is 6.42 Å². The summed E-state index contributed by atoms with van der Waals surface area (Å²) in [5, 5.41) is 13.6. The number of rotatable bonds is 7. The third kappa shape index (κ3) is 6.40. The molecule has 0 spiro atoms. The number of carbonyl (C=O) groups excluding carboxylic acids is 2. The van der Waals surface area contributed by atoms with Crippen LogP contribution in [0.4, 0.5) is 5.69 Å². The topological polar surface area (TPSA) is 78.5 Å². The van der Waals surface area contributed by atoms with Crippen molar-refractivity contribution in [3.63, 3.8) is 0 Å². The van der Waals surface area contributed by atoms with Crippen molar-refractivity contribution in [2.24, 2.45) is 5.92 Å². The number of ether oxygens (including phenoxy) is 1. The number of carboxylic acids is 1. The van der Waals surface area contributed by atoms with E-state index in [9.17, 15) is 14.7 Å². The van der Waals surface area contributed by atoms with Crippen molar-refractivity contribution < 1.29 is 49.0 Å². The number of methoxy groups -OCH3 is 1. The number of amides is 1. The van der Waals surface area contributed by atoms with Gasteiger partial charge >= 0.3 is 29.6 Å². The van der Waals surface area contributed by atoms with Gasteiger partial charge < -0.3 is 20.0 Å². The number of thiol groups is 1. The zero-order valence-corrected chi connectivity index (χ0v) is 17.1. The van der Waals surface area contributed by atoms with Crippen LogP contribution < -0.4 is 44.7 Å². The SMILES string of the molecule is COc1ccc(CC(CS)C(=O)Nc2cccc(C(=O)[O-])c2)cc1.[Na+]. The van der Waals surface area contributed by atoms with E-state index in [2.05, 4.69) is 17.9 Å². The van der Waals surface area contributed by atoms with E-state index in [-0.39, 0.29) is 46.9 Å².